The van der Waals surface area contributed by atoms with Crippen LogP contribution in [0.25, 0.3) is 0 Å². The predicted octanol–water partition coefficient (Wildman–Crippen LogP) is 3.26. The monoisotopic (exact) mass is 252 g/mol. The first-order valence-electron chi connectivity index (χ1n) is 5.42. The summed E-state index contributed by atoms with van der Waals surface area (Å²) >= 11 is 1.20. The van der Waals surface area contributed by atoms with Crippen LogP contribution in [0.2, 0.25) is 0 Å². The minimum absolute atomic E-state index is 0.0211. The van der Waals surface area contributed by atoms with Crippen LogP contribution < -0.4 is 0 Å². The Morgan fingerprint density at radius 3 is 2.47 bits per heavy atom. The van der Waals surface area contributed by atoms with Gasteiger partial charge < -0.3 is 5.11 Å². The molecule has 0 rings (SSSR count). The highest BCUT2D eigenvalue weighted by molar-refractivity contribution is 8.14. The maximum atomic E-state index is 11.8. The third-order valence-corrected chi connectivity index (χ3v) is 2.80. The lowest BCUT2D eigenvalue weighted by Gasteiger charge is -2.15. The maximum absolute atomic E-state index is 11.8. The van der Waals surface area contributed by atoms with E-state index in [2.05, 4.69) is 13.2 Å². The van der Waals surface area contributed by atoms with Gasteiger partial charge in [-0.2, -0.15) is 0 Å². The molecule has 0 amide bonds. The lowest BCUT2D eigenvalue weighted by atomic mass is 10.1. The fraction of sp³-hybridized carbons (Fsp3) is 0.357. The quantitative estimate of drug-likeness (QED) is 0.558. The largest absolute Gasteiger partial charge is 0.390 e. The Kier molecular flexibility index (Phi) is 7.59. The van der Waals surface area contributed by atoms with E-state index in [1.165, 1.54) is 11.8 Å². The summed E-state index contributed by atoms with van der Waals surface area (Å²) in [5.41, 5.74) is -0.146. The maximum Gasteiger partial charge on any atom is 0.219 e. The summed E-state index contributed by atoms with van der Waals surface area (Å²) in [6.07, 6.45) is 8.86. The summed E-state index contributed by atoms with van der Waals surface area (Å²) in [6, 6.07) is 0. The van der Waals surface area contributed by atoms with E-state index in [-0.39, 0.29) is 5.12 Å². The molecule has 0 bridgehead atoms. The Labute approximate surface area is 108 Å². The van der Waals surface area contributed by atoms with Gasteiger partial charge in [0.2, 0.25) is 5.12 Å². The van der Waals surface area contributed by atoms with E-state index in [1.54, 1.807) is 44.2 Å². The van der Waals surface area contributed by atoms with Gasteiger partial charge in [-0.15, -0.1) is 0 Å². The first kappa shape index (κ1) is 15.9. The highest BCUT2D eigenvalue weighted by Crippen LogP contribution is 2.17. The normalized spacial score (nSPS) is 12.8. The van der Waals surface area contributed by atoms with Crippen molar-refractivity contribution in [2.45, 2.75) is 25.9 Å². The molecule has 0 aliphatic heterocycles. The van der Waals surface area contributed by atoms with E-state index in [0.717, 1.165) is 0 Å². The van der Waals surface area contributed by atoms with Crippen LogP contribution >= 0.6 is 11.8 Å². The molecule has 0 aromatic carbocycles. The number of allylic oxidation sites excluding steroid dienone is 5. The molecule has 0 radical (unpaired) electrons. The molecule has 0 atom stereocenters. The highest BCUT2D eigenvalue weighted by Gasteiger charge is 2.14. The predicted molar refractivity (Wildman–Crippen MR) is 76.0 cm³/mol. The third-order valence-electron chi connectivity index (χ3n) is 1.89. The lowest BCUT2D eigenvalue weighted by Crippen LogP contribution is -2.19. The zero-order valence-corrected chi connectivity index (χ0v) is 11.3. The van der Waals surface area contributed by atoms with Crippen molar-refractivity contribution in [3.05, 3.63) is 49.1 Å². The van der Waals surface area contributed by atoms with E-state index in [1.807, 2.05) is 0 Å². The van der Waals surface area contributed by atoms with Gasteiger partial charge in [-0.05, 0) is 20.3 Å². The van der Waals surface area contributed by atoms with Crippen molar-refractivity contribution in [3.63, 3.8) is 0 Å². The molecule has 17 heavy (non-hydrogen) atoms. The minimum atomic E-state index is -0.730. The molecule has 0 aliphatic carbocycles. The molecule has 0 saturated heterocycles. The molecule has 0 aromatic heterocycles. The van der Waals surface area contributed by atoms with Crippen LogP contribution in [0.4, 0.5) is 0 Å². The molecule has 1 N–H and O–H groups in total. The fourth-order valence-electron chi connectivity index (χ4n) is 0.967. The number of thioether (sulfide) groups is 1. The Morgan fingerprint density at radius 1 is 1.35 bits per heavy atom. The van der Waals surface area contributed by atoms with Gasteiger partial charge in [-0.3, -0.25) is 4.79 Å². The van der Waals surface area contributed by atoms with Gasteiger partial charge in [0.25, 0.3) is 0 Å². The minimum Gasteiger partial charge on any atom is -0.390 e. The summed E-state index contributed by atoms with van der Waals surface area (Å²) in [4.78, 5) is 11.8. The molecule has 0 spiro atoms. The number of aliphatic hydroxyl groups is 1. The lowest BCUT2D eigenvalue weighted by molar-refractivity contribution is -0.107. The van der Waals surface area contributed by atoms with Crippen LogP contribution in [-0.2, 0) is 4.79 Å². The molecular weight excluding hydrogens is 232 g/mol. The SMILES string of the molecule is C=C/C=C\C(=C/C=C)C(=O)SCCC(C)(C)O. The van der Waals surface area contributed by atoms with Crippen LogP contribution in [0, 0.1) is 0 Å². The van der Waals surface area contributed by atoms with Crippen LogP contribution in [0.15, 0.2) is 49.1 Å². The Balaban J connectivity index is 4.35. The van der Waals surface area contributed by atoms with Crippen molar-refractivity contribution in [1.29, 1.82) is 0 Å². The van der Waals surface area contributed by atoms with Crippen molar-refractivity contribution in [1.82, 2.24) is 0 Å². The fourth-order valence-corrected chi connectivity index (χ4v) is 2.06. The zero-order valence-electron chi connectivity index (χ0n) is 10.5. The highest BCUT2D eigenvalue weighted by atomic mass is 32.2. The zero-order chi connectivity index (χ0) is 13.3. The second kappa shape index (κ2) is 8.09. The Hall–Kier alpha value is -1.06. The molecule has 0 fully saturated rings. The van der Waals surface area contributed by atoms with E-state index in [4.69, 9.17) is 0 Å². The molecule has 0 aliphatic rings. The van der Waals surface area contributed by atoms with E-state index < -0.39 is 5.60 Å². The van der Waals surface area contributed by atoms with Crippen molar-refractivity contribution in [2.75, 3.05) is 5.75 Å². The molecule has 0 saturated carbocycles. The summed E-state index contributed by atoms with van der Waals surface area (Å²) in [5, 5.41) is 9.51. The number of carbonyl (C=O) groups is 1. The summed E-state index contributed by atoms with van der Waals surface area (Å²) in [6.45, 7) is 10.6. The number of hydrogen-bond donors (Lipinski definition) is 1. The van der Waals surface area contributed by atoms with Crippen molar-refractivity contribution >= 4 is 16.9 Å². The molecular formula is C14H20O2S. The number of hydrogen-bond acceptors (Lipinski definition) is 3. The van der Waals surface area contributed by atoms with Gasteiger partial charge in [0, 0.05) is 11.3 Å². The van der Waals surface area contributed by atoms with E-state index in [9.17, 15) is 9.90 Å². The average molecular weight is 252 g/mol. The van der Waals surface area contributed by atoms with Crippen molar-refractivity contribution < 1.29 is 9.90 Å². The van der Waals surface area contributed by atoms with E-state index in [0.29, 0.717) is 17.7 Å². The van der Waals surface area contributed by atoms with Gasteiger partial charge in [-0.1, -0.05) is 55.3 Å². The smallest absolute Gasteiger partial charge is 0.219 e. The number of carbonyl (C=O) groups excluding carboxylic acids is 1. The van der Waals surface area contributed by atoms with Gasteiger partial charge >= 0.3 is 0 Å². The molecule has 0 unspecified atom stereocenters. The molecule has 94 valence electrons. The second-order valence-electron chi connectivity index (χ2n) is 4.15. The summed E-state index contributed by atoms with van der Waals surface area (Å²) in [7, 11) is 0. The molecule has 2 nitrogen and oxygen atoms in total. The number of rotatable bonds is 7. The Bertz CT molecular complexity index is 333. The first-order valence-corrected chi connectivity index (χ1v) is 6.40. The topological polar surface area (TPSA) is 37.3 Å². The standard InChI is InChI=1S/C14H20O2S/c1-5-7-9-12(8-6-2)13(15)17-11-10-14(3,4)16/h5-9,16H,1-2,10-11H2,3-4H3/b9-7-,12-8+. The van der Waals surface area contributed by atoms with Crippen molar-refractivity contribution in [2.24, 2.45) is 0 Å². The summed E-state index contributed by atoms with van der Waals surface area (Å²) in [5.74, 6) is 0.596. The van der Waals surface area contributed by atoms with Crippen LogP contribution in [-0.4, -0.2) is 21.6 Å². The summed E-state index contributed by atoms with van der Waals surface area (Å²) < 4.78 is 0. The molecule has 0 aromatic rings. The van der Waals surface area contributed by atoms with Crippen molar-refractivity contribution in [3.8, 4) is 0 Å². The third kappa shape index (κ3) is 8.72. The molecule has 3 heteroatoms. The van der Waals surface area contributed by atoms with Gasteiger partial charge in [0.05, 0.1) is 5.60 Å². The van der Waals surface area contributed by atoms with Crippen LogP contribution in [0.1, 0.15) is 20.3 Å². The average Bonchev–Trinajstić information content (AvgIpc) is 2.22. The second-order valence-corrected chi connectivity index (χ2v) is 5.22. The molecule has 0 heterocycles. The first-order chi connectivity index (χ1) is 7.90. The van der Waals surface area contributed by atoms with E-state index >= 15 is 0 Å². The van der Waals surface area contributed by atoms with Crippen LogP contribution in [0.5, 0.6) is 0 Å². The Morgan fingerprint density at radius 2 is 2.00 bits per heavy atom. The van der Waals surface area contributed by atoms with Gasteiger partial charge in [0.1, 0.15) is 0 Å². The van der Waals surface area contributed by atoms with Gasteiger partial charge in [-0.25, -0.2) is 0 Å². The van der Waals surface area contributed by atoms with Crippen LogP contribution in [0.3, 0.4) is 0 Å². The van der Waals surface area contributed by atoms with Gasteiger partial charge in [0.15, 0.2) is 0 Å².